The van der Waals surface area contributed by atoms with E-state index in [1.165, 1.54) is 10.9 Å². The molecule has 104 valence electrons. The Bertz CT molecular complexity index is 897. The molecule has 0 aliphatic carbocycles. The zero-order valence-corrected chi connectivity index (χ0v) is 11.4. The largest absolute Gasteiger partial charge is 0.507 e. The van der Waals surface area contributed by atoms with E-state index in [0.29, 0.717) is 22.3 Å². The fraction of sp³-hybridized carbons (Fsp3) is 0.0625. The molecule has 0 aliphatic heterocycles. The Labute approximate surface area is 120 Å². The standard InChI is InChI=1S/C16H13N3O2/c1-11-18-14-8-4-3-7-13(14)16(21)19(11)17-10-12-6-2-5-9-15(12)20/h2-10,20H,1H3/b17-10-. The third-order valence-corrected chi connectivity index (χ3v) is 3.16. The van der Waals surface area contributed by atoms with Crippen LogP contribution in [-0.2, 0) is 0 Å². The first-order valence-corrected chi connectivity index (χ1v) is 6.47. The summed E-state index contributed by atoms with van der Waals surface area (Å²) < 4.78 is 1.23. The number of aromatic nitrogens is 2. The Morgan fingerprint density at radius 1 is 1.14 bits per heavy atom. The van der Waals surface area contributed by atoms with E-state index in [2.05, 4.69) is 10.1 Å². The molecule has 0 atom stereocenters. The monoisotopic (exact) mass is 279 g/mol. The van der Waals surface area contributed by atoms with Gasteiger partial charge in [0.2, 0.25) is 0 Å². The van der Waals surface area contributed by atoms with E-state index in [0.717, 1.165) is 0 Å². The van der Waals surface area contributed by atoms with Crippen molar-refractivity contribution in [3.05, 3.63) is 70.3 Å². The van der Waals surface area contributed by atoms with Crippen LogP contribution in [0.4, 0.5) is 0 Å². The minimum atomic E-state index is -0.232. The Hall–Kier alpha value is -2.95. The lowest BCUT2D eigenvalue weighted by Crippen LogP contribution is -2.20. The van der Waals surface area contributed by atoms with Crippen molar-refractivity contribution >= 4 is 17.1 Å². The molecule has 0 saturated heterocycles. The van der Waals surface area contributed by atoms with Crippen LogP contribution in [0.25, 0.3) is 10.9 Å². The second kappa shape index (κ2) is 5.20. The Morgan fingerprint density at radius 3 is 2.67 bits per heavy atom. The molecule has 1 heterocycles. The first-order valence-electron chi connectivity index (χ1n) is 6.47. The van der Waals surface area contributed by atoms with E-state index in [4.69, 9.17) is 0 Å². The highest BCUT2D eigenvalue weighted by molar-refractivity contribution is 5.83. The van der Waals surface area contributed by atoms with Gasteiger partial charge in [0.05, 0.1) is 17.1 Å². The van der Waals surface area contributed by atoms with E-state index in [1.807, 2.05) is 6.07 Å². The van der Waals surface area contributed by atoms with Crippen molar-refractivity contribution in [2.75, 3.05) is 0 Å². The van der Waals surface area contributed by atoms with Gasteiger partial charge in [-0.15, -0.1) is 0 Å². The Kier molecular flexibility index (Phi) is 3.23. The number of phenols is 1. The Balaban J connectivity index is 2.13. The first kappa shape index (κ1) is 13.1. The van der Waals surface area contributed by atoms with Gasteiger partial charge in [0.25, 0.3) is 5.56 Å². The third-order valence-electron chi connectivity index (χ3n) is 3.16. The number of aromatic hydroxyl groups is 1. The van der Waals surface area contributed by atoms with Crippen molar-refractivity contribution in [1.29, 1.82) is 0 Å². The number of benzene rings is 2. The maximum absolute atomic E-state index is 12.4. The maximum Gasteiger partial charge on any atom is 0.282 e. The van der Waals surface area contributed by atoms with Gasteiger partial charge in [-0.05, 0) is 31.2 Å². The summed E-state index contributed by atoms with van der Waals surface area (Å²) in [6, 6.07) is 13.9. The van der Waals surface area contributed by atoms with Crippen molar-refractivity contribution in [3.8, 4) is 5.75 Å². The molecule has 0 radical (unpaired) electrons. The number of aryl methyl sites for hydroxylation is 1. The van der Waals surface area contributed by atoms with Gasteiger partial charge in [0.15, 0.2) is 0 Å². The quantitative estimate of drug-likeness (QED) is 0.732. The number of phenolic OH excluding ortho intramolecular Hbond substituents is 1. The predicted molar refractivity (Wildman–Crippen MR) is 81.8 cm³/mol. The highest BCUT2D eigenvalue weighted by Gasteiger charge is 2.06. The minimum absolute atomic E-state index is 0.112. The molecule has 21 heavy (non-hydrogen) atoms. The number of para-hydroxylation sites is 2. The van der Waals surface area contributed by atoms with E-state index in [9.17, 15) is 9.90 Å². The summed E-state index contributed by atoms with van der Waals surface area (Å²) >= 11 is 0. The summed E-state index contributed by atoms with van der Waals surface area (Å²) in [6.07, 6.45) is 1.44. The van der Waals surface area contributed by atoms with Gasteiger partial charge in [0, 0.05) is 5.56 Å². The van der Waals surface area contributed by atoms with Crippen LogP contribution in [0, 0.1) is 6.92 Å². The van der Waals surface area contributed by atoms with Crippen LogP contribution in [0.15, 0.2) is 58.4 Å². The predicted octanol–water partition coefficient (Wildman–Crippen LogP) is 2.29. The summed E-state index contributed by atoms with van der Waals surface area (Å²) in [5, 5.41) is 14.4. The van der Waals surface area contributed by atoms with Crippen LogP contribution in [0.3, 0.4) is 0 Å². The van der Waals surface area contributed by atoms with Crippen LogP contribution in [0.2, 0.25) is 0 Å². The lowest BCUT2D eigenvalue weighted by Gasteiger charge is -2.05. The highest BCUT2D eigenvalue weighted by Crippen LogP contribution is 2.13. The molecule has 3 rings (SSSR count). The molecule has 1 N–H and O–H groups in total. The zero-order chi connectivity index (χ0) is 14.8. The molecule has 5 heteroatoms. The van der Waals surface area contributed by atoms with Crippen LogP contribution in [-0.4, -0.2) is 21.0 Å². The summed E-state index contributed by atoms with van der Waals surface area (Å²) in [7, 11) is 0. The molecular formula is C16H13N3O2. The molecule has 5 nitrogen and oxygen atoms in total. The second-order valence-corrected chi connectivity index (χ2v) is 4.60. The maximum atomic E-state index is 12.4. The topological polar surface area (TPSA) is 67.5 Å². The lowest BCUT2D eigenvalue weighted by molar-refractivity contribution is 0.474. The summed E-state index contributed by atoms with van der Waals surface area (Å²) in [4.78, 5) is 16.8. The number of nitrogens with zero attached hydrogens (tertiary/aromatic N) is 3. The molecule has 0 saturated carbocycles. The number of rotatable bonds is 2. The van der Waals surface area contributed by atoms with Crippen molar-refractivity contribution < 1.29 is 5.11 Å². The average molecular weight is 279 g/mol. The van der Waals surface area contributed by atoms with Crippen molar-refractivity contribution in [2.24, 2.45) is 5.10 Å². The molecular weight excluding hydrogens is 266 g/mol. The van der Waals surface area contributed by atoms with Crippen LogP contribution < -0.4 is 5.56 Å². The number of hydrogen-bond acceptors (Lipinski definition) is 4. The average Bonchev–Trinajstić information content (AvgIpc) is 2.49. The molecule has 1 aromatic heterocycles. The van der Waals surface area contributed by atoms with E-state index in [1.54, 1.807) is 49.4 Å². The van der Waals surface area contributed by atoms with Crippen LogP contribution in [0.5, 0.6) is 5.75 Å². The minimum Gasteiger partial charge on any atom is -0.507 e. The van der Waals surface area contributed by atoms with Gasteiger partial charge in [-0.1, -0.05) is 24.3 Å². The number of hydrogen-bond donors (Lipinski definition) is 1. The van der Waals surface area contributed by atoms with Crippen LogP contribution >= 0.6 is 0 Å². The van der Waals surface area contributed by atoms with Gasteiger partial charge < -0.3 is 5.11 Å². The van der Waals surface area contributed by atoms with Gasteiger partial charge in [-0.25, -0.2) is 4.98 Å². The van der Waals surface area contributed by atoms with Crippen molar-refractivity contribution in [3.63, 3.8) is 0 Å². The van der Waals surface area contributed by atoms with E-state index in [-0.39, 0.29) is 11.3 Å². The molecule has 0 fully saturated rings. The van der Waals surface area contributed by atoms with E-state index < -0.39 is 0 Å². The van der Waals surface area contributed by atoms with Crippen molar-refractivity contribution in [1.82, 2.24) is 9.66 Å². The Morgan fingerprint density at radius 2 is 1.86 bits per heavy atom. The molecule has 0 aliphatic rings. The SMILES string of the molecule is Cc1nc2ccccc2c(=O)n1/N=C\c1ccccc1O. The zero-order valence-electron chi connectivity index (χ0n) is 11.4. The molecule has 0 unspecified atom stereocenters. The normalized spacial score (nSPS) is 11.3. The van der Waals surface area contributed by atoms with E-state index >= 15 is 0 Å². The molecule has 0 spiro atoms. The van der Waals surface area contributed by atoms with Gasteiger partial charge >= 0.3 is 0 Å². The fourth-order valence-electron chi connectivity index (χ4n) is 2.09. The smallest absolute Gasteiger partial charge is 0.282 e. The highest BCUT2D eigenvalue weighted by atomic mass is 16.3. The van der Waals surface area contributed by atoms with Gasteiger partial charge in [0.1, 0.15) is 11.6 Å². The second-order valence-electron chi connectivity index (χ2n) is 4.60. The molecule has 0 bridgehead atoms. The molecule has 0 amide bonds. The lowest BCUT2D eigenvalue weighted by atomic mass is 10.2. The van der Waals surface area contributed by atoms with Crippen LogP contribution in [0.1, 0.15) is 11.4 Å². The summed E-state index contributed by atoms with van der Waals surface area (Å²) in [6.45, 7) is 1.72. The first-order chi connectivity index (χ1) is 10.2. The van der Waals surface area contributed by atoms with Gasteiger partial charge in [-0.3, -0.25) is 4.79 Å². The number of fused-ring (bicyclic) bond motifs is 1. The van der Waals surface area contributed by atoms with Crippen molar-refractivity contribution in [2.45, 2.75) is 6.92 Å². The summed E-state index contributed by atoms with van der Waals surface area (Å²) in [5.74, 6) is 0.603. The third kappa shape index (κ3) is 2.41. The van der Waals surface area contributed by atoms with Gasteiger partial charge in [-0.2, -0.15) is 9.78 Å². The molecule has 3 aromatic rings. The summed E-state index contributed by atoms with van der Waals surface area (Å²) in [5.41, 5.74) is 0.954. The fourth-order valence-corrected chi connectivity index (χ4v) is 2.09. The molecule has 2 aromatic carbocycles.